The number of nitrogens with zero attached hydrogens (tertiary/aromatic N) is 2. The van der Waals surface area contributed by atoms with Crippen LogP contribution in [-0.4, -0.2) is 41.2 Å². The minimum absolute atomic E-state index is 0.0831. The molecule has 132 valence electrons. The molecule has 1 aliphatic heterocycles. The zero-order chi connectivity index (χ0) is 17.3. The molecule has 1 aromatic carbocycles. The number of pyridine rings is 1. The summed E-state index contributed by atoms with van der Waals surface area (Å²) >= 11 is 1.55. The van der Waals surface area contributed by atoms with Gasteiger partial charge in [0.25, 0.3) is 0 Å². The number of rotatable bonds is 7. The lowest BCUT2D eigenvalue weighted by atomic mass is 10.0. The van der Waals surface area contributed by atoms with Gasteiger partial charge < -0.3 is 5.32 Å². The first kappa shape index (κ1) is 18.0. The number of likely N-dealkylation sites (tertiary alicyclic amines) is 1. The molecule has 0 spiro atoms. The highest BCUT2D eigenvalue weighted by Gasteiger charge is 2.22. The fraction of sp³-hybridized carbons (Fsp3) is 0.400. The van der Waals surface area contributed by atoms with Gasteiger partial charge in [-0.2, -0.15) is 0 Å². The van der Waals surface area contributed by atoms with E-state index in [1.807, 2.05) is 18.2 Å². The number of benzene rings is 1. The van der Waals surface area contributed by atoms with Crippen LogP contribution in [0.5, 0.6) is 0 Å². The summed E-state index contributed by atoms with van der Waals surface area (Å²) in [4.78, 5) is 19.8. The topological polar surface area (TPSA) is 45.2 Å². The lowest BCUT2D eigenvalue weighted by Gasteiger charge is -2.35. The molecule has 1 atom stereocenters. The maximum atomic E-state index is 12.3. The number of thioether (sulfide) groups is 1. The molecule has 1 aromatic heterocycles. The van der Waals surface area contributed by atoms with E-state index in [1.54, 1.807) is 24.2 Å². The molecule has 3 rings (SSSR count). The van der Waals surface area contributed by atoms with E-state index >= 15 is 0 Å². The maximum Gasteiger partial charge on any atom is 0.230 e. The summed E-state index contributed by atoms with van der Waals surface area (Å²) in [5.41, 5.74) is 1.28. The fourth-order valence-electron chi connectivity index (χ4n) is 3.21. The van der Waals surface area contributed by atoms with Crippen molar-refractivity contribution in [2.45, 2.75) is 30.2 Å². The van der Waals surface area contributed by atoms with E-state index in [0.29, 0.717) is 12.3 Å². The van der Waals surface area contributed by atoms with E-state index in [-0.39, 0.29) is 11.9 Å². The molecular formula is C20H25N3OS. The fourth-order valence-corrected chi connectivity index (χ4v) is 3.92. The Morgan fingerprint density at radius 3 is 2.52 bits per heavy atom. The minimum Gasteiger partial charge on any atom is -0.353 e. The molecule has 1 saturated heterocycles. The third-order valence-electron chi connectivity index (χ3n) is 4.53. The standard InChI is InChI=1S/C20H25N3OS/c24-20(16-25-18-9-11-21-12-10-18)22-15-19(17-7-3-1-4-8-17)23-13-5-2-6-14-23/h1,3-4,7-12,19H,2,5-6,13-16H2,(H,22,24)/t19-/m1/s1. The van der Waals surface area contributed by atoms with Crippen LogP contribution in [0.15, 0.2) is 59.8 Å². The molecule has 0 saturated carbocycles. The Kier molecular flexibility index (Phi) is 6.89. The van der Waals surface area contributed by atoms with E-state index < -0.39 is 0 Å². The van der Waals surface area contributed by atoms with Crippen LogP contribution in [0.4, 0.5) is 0 Å². The number of carbonyl (C=O) groups excluding carboxylic acids is 1. The first-order chi connectivity index (χ1) is 12.3. The van der Waals surface area contributed by atoms with Crippen molar-refractivity contribution in [3.63, 3.8) is 0 Å². The quantitative estimate of drug-likeness (QED) is 0.772. The lowest BCUT2D eigenvalue weighted by Crippen LogP contribution is -2.41. The van der Waals surface area contributed by atoms with Gasteiger partial charge >= 0.3 is 0 Å². The van der Waals surface area contributed by atoms with Gasteiger partial charge in [-0.05, 0) is 43.6 Å². The van der Waals surface area contributed by atoms with Gasteiger partial charge in [0.1, 0.15) is 0 Å². The van der Waals surface area contributed by atoms with E-state index in [4.69, 9.17) is 0 Å². The van der Waals surface area contributed by atoms with Gasteiger partial charge in [-0.3, -0.25) is 14.7 Å². The van der Waals surface area contributed by atoms with Crippen molar-refractivity contribution in [1.82, 2.24) is 15.2 Å². The Morgan fingerprint density at radius 2 is 1.80 bits per heavy atom. The van der Waals surface area contributed by atoms with Gasteiger partial charge in [0.2, 0.25) is 5.91 Å². The predicted octanol–water partition coefficient (Wildman–Crippen LogP) is 3.52. The van der Waals surface area contributed by atoms with Crippen LogP contribution in [0.2, 0.25) is 0 Å². The minimum atomic E-state index is 0.0831. The summed E-state index contributed by atoms with van der Waals surface area (Å²) in [7, 11) is 0. The number of piperidine rings is 1. The molecule has 0 bridgehead atoms. The van der Waals surface area contributed by atoms with E-state index in [2.05, 4.69) is 39.5 Å². The maximum absolute atomic E-state index is 12.3. The van der Waals surface area contributed by atoms with Crippen LogP contribution in [-0.2, 0) is 4.79 Å². The van der Waals surface area contributed by atoms with Crippen LogP contribution >= 0.6 is 11.8 Å². The summed E-state index contributed by atoms with van der Waals surface area (Å²) in [6, 6.07) is 14.6. The molecule has 5 heteroatoms. The zero-order valence-corrected chi connectivity index (χ0v) is 15.3. The van der Waals surface area contributed by atoms with Gasteiger partial charge in [0.15, 0.2) is 0 Å². The summed E-state index contributed by atoms with van der Waals surface area (Å²) in [6.45, 7) is 2.89. The average molecular weight is 356 g/mol. The van der Waals surface area contributed by atoms with Crippen molar-refractivity contribution in [3.8, 4) is 0 Å². The largest absolute Gasteiger partial charge is 0.353 e. The molecule has 1 fully saturated rings. The van der Waals surface area contributed by atoms with Gasteiger partial charge in [-0.1, -0.05) is 36.8 Å². The smallest absolute Gasteiger partial charge is 0.230 e. The van der Waals surface area contributed by atoms with Crippen molar-refractivity contribution < 1.29 is 4.79 Å². The Bertz CT molecular complexity index is 645. The average Bonchev–Trinajstić information content (AvgIpc) is 2.69. The van der Waals surface area contributed by atoms with Crippen LogP contribution in [0, 0.1) is 0 Å². The number of hydrogen-bond acceptors (Lipinski definition) is 4. The second-order valence-electron chi connectivity index (χ2n) is 6.30. The molecule has 1 amide bonds. The molecule has 1 aliphatic rings. The van der Waals surface area contributed by atoms with Crippen molar-refractivity contribution in [1.29, 1.82) is 0 Å². The molecule has 0 aliphatic carbocycles. The second kappa shape index (κ2) is 9.59. The second-order valence-corrected chi connectivity index (χ2v) is 7.35. The highest BCUT2D eigenvalue weighted by atomic mass is 32.2. The van der Waals surface area contributed by atoms with Crippen LogP contribution in [0.3, 0.4) is 0 Å². The van der Waals surface area contributed by atoms with Gasteiger partial charge in [0, 0.05) is 23.8 Å². The van der Waals surface area contributed by atoms with Crippen molar-refractivity contribution >= 4 is 17.7 Å². The SMILES string of the molecule is O=C(CSc1ccncc1)NC[C@H](c1ccccc1)N1CCCCC1. The molecule has 0 unspecified atom stereocenters. The Balaban J connectivity index is 1.55. The van der Waals surface area contributed by atoms with Gasteiger partial charge in [0.05, 0.1) is 11.8 Å². The van der Waals surface area contributed by atoms with Crippen LogP contribution in [0.1, 0.15) is 30.9 Å². The molecule has 25 heavy (non-hydrogen) atoms. The number of carbonyl (C=O) groups is 1. The monoisotopic (exact) mass is 355 g/mol. The van der Waals surface area contributed by atoms with Crippen molar-refractivity contribution in [2.75, 3.05) is 25.4 Å². The predicted molar refractivity (Wildman–Crippen MR) is 103 cm³/mol. The van der Waals surface area contributed by atoms with E-state index in [1.165, 1.54) is 24.8 Å². The normalized spacial score (nSPS) is 16.3. The molecule has 1 N–H and O–H groups in total. The first-order valence-electron chi connectivity index (χ1n) is 8.91. The van der Waals surface area contributed by atoms with Crippen LogP contribution < -0.4 is 5.32 Å². The van der Waals surface area contributed by atoms with E-state index in [9.17, 15) is 4.79 Å². The van der Waals surface area contributed by atoms with Crippen molar-refractivity contribution in [3.05, 3.63) is 60.4 Å². The molecule has 2 aromatic rings. The highest BCUT2D eigenvalue weighted by Crippen LogP contribution is 2.24. The van der Waals surface area contributed by atoms with Gasteiger partial charge in [-0.15, -0.1) is 11.8 Å². The molecule has 0 radical (unpaired) electrons. The third-order valence-corrected chi connectivity index (χ3v) is 5.54. The van der Waals surface area contributed by atoms with Crippen molar-refractivity contribution in [2.24, 2.45) is 0 Å². The molecule has 4 nitrogen and oxygen atoms in total. The van der Waals surface area contributed by atoms with Crippen LogP contribution in [0.25, 0.3) is 0 Å². The summed E-state index contributed by atoms with van der Waals surface area (Å²) in [5, 5.41) is 3.13. The van der Waals surface area contributed by atoms with Gasteiger partial charge in [-0.25, -0.2) is 0 Å². The zero-order valence-electron chi connectivity index (χ0n) is 14.4. The third kappa shape index (κ3) is 5.58. The Morgan fingerprint density at radius 1 is 1.08 bits per heavy atom. The number of hydrogen-bond donors (Lipinski definition) is 1. The highest BCUT2D eigenvalue weighted by molar-refractivity contribution is 8.00. The van der Waals surface area contributed by atoms with E-state index in [0.717, 1.165) is 18.0 Å². The lowest BCUT2D eigenvalue weighted by molar-refractivity contribution is -0.118. The number of amides is 1. The molecular weight excluding hydrogens is 330 g/mol. The molecule has 2 heterocycles. The summed E-state index contributed by atoms with van der Waals surface area (Å²) in [5.74, 6) is 0.519. The number of aromatic nitrogens is 1. The Hall–Kier alpha value is -1.85. The first-order valence-corrected chi connectivity index (χ1v) is 9.90. The summed E-state index contributed by atoms with van der Waals surface area (Å²) < 4.78 is 0. The Labute approximate surface area is 154 Å². The number of nitrogens with one attached hydrogen (secondary N) is 1. The summed E-state index contributed by atoms with van der Waals surface area (Å²) in [6.07, 6.45) is 7.31.